The molecule has 1 aliphatic heterocycles. The Labute approximate surface area is 107 Å². The molecule has 3 rings (SSSR count). The molecule has 0 saturated carbocycles. The van der Waals surface area contributed by atoms with Gasteiger partial charge in [0.25, 0.3) is 0 Å². The third kappa shape index (κ3) is 2.38. The van der Waals surface area contributed by atoms with Gasteiger partial charge in [-0.2, -0.15) is 0 Å². The Hall–Kier alpha value is -1.81. The summed E-state index contributed by atoms with van der Waals surface area (Å²) < 4.78 is 0. The van der Waals surface area contributed by atoms with Crippen LogP contribution in [0.4, 0.5) is 5.95 Å². The van der Waals surface area contributed by atoms with Crippen molar-refractivity contribution in [2.45, 2.75) is 19.4 Å². The Morgan fingerprint density at radius 2 is 2.11 bits per heavy atom. The Kier molecular flexibility index (Phi) is 3.02. The van der Waals surface area contributed by atoms with Crippen LogP contribution >= 0.6 is 0 Å². The molecule has 0 atom stereocenters. The van der Waals surface area contributed by atoms with E-state index in [1.165, 1.54) is 11.3 Å². The van der Waals surface area contributed by atoms with Crippen molar-refractivity contribution in [2.75, 3.05) is 18.8 Å². The van der Waals surface area contributed by atoms with Crippen molar-refractivity contribution in [1.82, 2.24) is 14.9 Å². The first-order chi connectivity index (χ1) is 8.81. The van der Waals surface area contributed by atoms with Gasteiger partial charge in [-0.15, -0.1) is 0 Å². The molecular formula is C14H18N4. The highest BCUT2D eigenvalue weighted by Gasteiger charge is 2.18. The molecule has 94 valence electrons. The molecule has 3 N–H and O–H groups in total. The molecule has 0 fully saturated rings. The SMILES string of the molecule is Nc1nc2c([nH]1)CN(CCc1ccccc1)CC2. The maximum Gasteiger partial charge on any atom is 0.197 e. The molecule has 0 unspecified atom stereocenters. The summed E-state index contributed by atoms with van der Waals surface area (Å²) in [6.07, 6.45) is 2.09. The predicted octanol–water partition coefficient (Wildman–Crippen LogP) is 1.59. The summed E-state index contributed by atoms with van der Waals surface area (Å²) in [4.78, 5) is 9.90. The first kappa shape index (κ1) is 11.3. The zero-order chi connectivity index (χ0) is 12.4. The fourth-order valence-electron chi connectivity index (χ4n) is 2.49. The van der Waals surface area contributed by atoms with Gasteiger partial charge in [0.1, 0.15) is 0 Å². The Morgan fingerprint density at radius 3 is 2.94 bits per heavy atom. The molecule has 0 bridgehead atoms. The van der Waals surface area contributed by atoms with Crippen LogP contribution in [0.15, 0.2) is 30.3 Å². The van der Waals surface area contributed by atoms with Crippen LogP contribution in [-0.4, -0.2) is 28.0 Å². The smallest absolute Gasteiger partial charge is 0.197 e. The minimum absolute atomic E-state index is 0.546. The molecule has 0 saturated heterocycles. The second-order valence-corrected chi connectivity index (χ2v) is 4.81. The lowest BCUT2D eigenvalue weighted by Gasteiger charge is -2.25. The first-order valence-corrected chi connectivity index (χ1v) is 6.41. The lowest BCUT2D eigenvalue weighted by molar-refractivity contribution is 0.253. The minimum atomic E-state index is 0.546. The molecule has 0 aliphatic carbocycles. The highest BCUT2D eigenvalue weighted by atomic mass is 15.2. The molecule has 2 aromatic rings. The summed E-state index contributed by atoms with van der Waals surface area (Å²) in [5.74, 6) is 0.546. The van der Waals surface area contributed by atoms with E-state index in [0.29, 0.717) is 5.95 Å². The van der Waals surface area contributed by atoms with E-state index >= 15 is 0 Å². The van der Waals surface area contributed by atoms with E-state index in [0.717, 1.165) is 38.2 Å². The number of aromatic amines is 1. The van der Waals surface area contributed by atoms with E-state index in [-0.39, 0.29) is 0 Å². The van der Waals surface area contributed by atoms with E-state index in [1.54, 1.807) is 0 Å². The van der Waals surface area contributed by atoms with E-state index < -0.39 is 0 Å². The highest BCUT2D eigenvalue weighted by Crippen LogP contribution is 2.17. The Bertz CT molecular complexity index is 518. The fraction of sp³-hybridized carbons (Fsp3) is 0.357. The van der Waals surface area contributed by atoms with Gasteiger partial charge in [0.15, 0.2) is 5.95 Å². The van der Waals surface area contributed by atoms with Crippen LogP contribution in [0.3, 0.4) is 0 Å². The monoisotopic (exact) mass is 242 g/mol. The molecule has 1 aliphatic rings. The molecule has 1 aromatic heterocycles. The van der Waals surface area contributed by atoms with Crippen molar-refractivity contribution < 1.29 is 0 Å². The maximum absolute atomic E-state index is 5.68. The van der Waals surface area contributed by atoms with Crippen molar-refractivity contribution in [3.63, 3.8) is 0 Å². The third-order valence-corrected chi connectivity index (χ3v) is 3.49. The normalized spacial score (nSPS) is 15.6. The zero-order valence-corrected chi connectivity index (χ0v) is 10.4. The lowest BCUT2D eigenvalue weighted by atomic mass is 10.1. The van der Waals surface area contributed by atoms with Gasteiger partial charge < -0.3 is 10.7 Å². The lowest BCUT2D eigenvalue weighted by Crippen LogP contribution is -2.32. The highest BCUT2D eigenvalue weighted by molar-refractivity contribution is 5.27. The number of hydrogen-bond acceptors (Lipinski definition) is 3. The number of hydrogen-bond donors (Lipinski definition) is 2. The number of nitrogens with zero attached hydrogens (tertiary/aromatic N) is 2. The van der Waals surface area contributed by atoms with Crippen LogP contribution in [0, 0.1) is 0 Å². The van der Waals surface area contributed by atoms with Gasteiger partial charge in [-0.3, -0.25) is 4.90 Å². The van der Waals surface area contributed by atoms with E-state index in [4.69, 9.17) is 5.73 Å². The topological polar surface area (TPSA) is 57.9 Å². The summed E-state index contributed by atoms with van der Waals surface area (Å²) in [7, 11) is 0. The molecule has 2 heterocycles. The molecule has 1 aromatic carbocycles. The van der Waals surface area contributed by atoms with Crippen molar-refractivity contribution in [3.8, 4) is 0 Å². The molecule has 0 spiro atoms. The minimum Gasteiger partial charge on any atom is -0.369 e. The quantitative estimate of drug-likeness (QED) is 0.859. The Balaban J connectivity index is 1.60. The van der Waals surface area contributed by atoms with Gasteiger partial charge in [-0.25, -0.2) is 4.98 Å². The second kappa shape index (κ2) is 4.82. The summed E-state index contributed by atoms with van der Waals surface area (Å²) >= 11 is 0. The number of nitrogen functional groups attached to an aromatic ring is 1. The van der Waals surface area contributed by atoms with Crippen molar-refractivity contribution in [2.24, 2.45) is 0 Å². The molecule has 4 nitrogen and oxygen atoms in total. The van der Waals surface area contributed by atoms with Gasteiger partial charge in [0, 0.05) is 26.1 Å². The summed E-state index contributed by atoms with van der Waals surface area (Å²) in [6, 6.07) is 10.6. The summed E-state index contributed by atoms with van der Waals surface area (Å²) in [5, 5.41) is 0. The van der Waals surface area contributed by atoms with Crippen LogP contribution in [0.5, 0.6) is 0 Å². The number of imidazole rings is 1. The number of benzene rings is 1. The van der Waals surface area contributed by atoms with Gasteiger partial charge in [0.2, 0.25) is 0 Å². The molecule has 4 heteroatoms. The second-order valence-electron chi connectivity index (χ2n) is 4.81. The number of aromatic nitrogens is 2. The van der Waals surface area contributed by atoms with E-state index in [2.05, 4.69) is 45.2 Å². The number of H-pyrrole nitrogens is 1. The predicted molar refractivity (Wildman–Crippen MR) is 72.1 cm³/mol. The van der Waals surface area contributed by atoms with Crippen LogP contribution < -0.4 is 5.73 Å². The molecular weight excluding hydrogens is 224 g/mol. The average molecular weight is 242 g/mol. The van der Waals surface area contributed by atoms with E-state index in [9.17, 15) is 0 Å². The maximum atomic E-state index is 5.68. The standard InChI is InChI=1S/C14H18N4/c15-14-16-12-7-9-18(10-13(12)17-14)8-6-11-4-2-1-3-5-11/h1-5H,6-10H2,(H3,15,16,17). The zero-order valence-electron chi connectivity index (χ0n) is 10.4. The van der Waals surface area contributed by atoms with Crippen LogP contribution in [0.1, 0.15) is 17.0 Å². The van der Waals surface area contributed by atoms with Crippen molar-refractivity contribution >= 4 is 5.95 Å². The van der Waals surface area contributed by atoms with Crippen molar-refractivity contribution in [1.29, 1.82) is 0 Å². The van der Waals surface area contributed by atoms with Gasteiger partial charge >= 0.3 is 0 Å². The van der Waals surface area contributed by atoms with Crippen LogP contribution in [-0.2, 0) is 19.4 Å². The number of nitrogens with one attached hydrogen (secondary N) is 1. The third-order valence-electron chi connectivity index (χ3n) is 3.49. The number of fused-ring (bicyclic) bond motifs is 1. The van der Waals surface area contributed by atoms with Crippen molar-refractivity contribution in [3.05, 3.63) is 47.3 Å². The first-order valence-electron chi connectivity index (χ1n) is 6.41. The molecule has 0 amide bonds. The summed E-state index contributed by atoms with van der Waals surface area (Å²) in [6.45, 7) is 3.10. The van der Waals surface area contributed by atoms with Gasteiger partial charge in [-0.05, 0) is 12.0 Å². The largest absolute Gasteiger partial charge is 0.369 e. The average Bonchev–Trinajstić information content (AvgIpc) is 2.77. The number of rotatable bonds is 3. The van der Waals surface area contributed by atoms with E-state index in [1.807, 2.05) is 0 Å². The molecule has 18 heavy (non-hydrogen) atoms. The van der Waals surface area contributed by atoms with Crippen LogP contribution in [0.25, 0.3) is 0 Å². The Morgan fingerprint density at radius 1 is 1.28 bits per heavy atom. The van der Waals surface area contributed by atoms with Crippen LogP contribution in [0.2, 0.25) is 0 Å². The van der Waals surface area contributed by atoms with Gasteiger partial charge in [-0.1, -0.05) is 30.3 Å². The number of nitrogens with two attached hydrogens (primary N) is 1. The summed E-state index contributed by atoms with van der Waals surface area (Å²) in [5.41, 5.74) is 9.41. The van der Waals surface area contributed by atoms with Gasteiger partial charge in [0.05, 0.1) is 11.4 Å². The molecule has 0 radical (unpaired) electrons. The fourth-order valence-corrected chi connectivity index (χ4v) is 2.49. The number of anilines is 1.